The lowest BCUT2D eigenvalue weighted by Gasteiger charge is -2.30. The maximum Gasteiger partial charge on any atom is 0.211 e. The predicted molar refractivity (Wildman–Crippen MR) is 133 cm³/mol. The molecule has 166 valence electrons. The smallest absolute Gasteiger partial charge is 0.211 e. The van der Waals surface area contributed by atoms with Crippen LogP contribution in [0.15, 0.2) is 35.3 Å². The molecule has 9 heteroatoms. The van der Waals surface area contributed by atoms with E-state index in [1.165, 1.54) is 11.9 Å². The second-order valence-corrected chi connectivity index (χ2v) is 9.24. The minimum absolute atomic E-state index is 0. The number of anilines is 1. The Kier molecular flexibility index (Phi) is 11.9. The molecule has 0 atom stereocenters. The molecule has 1 aliphatic rings. The van der Waals surface area contributed by atoms with Gasteiger partial charge in [-0.3, -0.25) is 4.99 Å². The molecule has 0 unspecified atom stereocenters. The van der Waals surface area contributed by atoms with Crippen molar-refractivity contribution in [2.24, 2.45) is 10.9 Å². The van der Waals surface area contributed by atoms with E-state index in [9.17, 15) is 8.42 Å². The molecule has 0 bridgehead atoms. The highest BCUT2D eigenvalue weighted by Crippen LogP contribution is 2.18. The third-order valence-corrected chi connectivity index (χ3v) is 6.53. The van der Waals surface area contributed by atoms with Crippen LogP contribution in [0.25, 0.3) is 0 Å². The number of guanidine groups is 1. The standard InChI is InChI=1S/C20H35N5O2S.HI/c1-4-24(19-9-6-5-7-10-19)14-8-13-22-20(21-2)23-17-18-11-15-25(16-12-18)28(3,26)27;/h5-7,9-10,18H,4,8,11-17H2,1-3H3,(H2,21,22,23);1H. The quantitative estimate of drug-likeness (QED) is 0.219. The number of para-hydroxylation sites is 1. The van der Waals surface area contributed by atoms with Gasteiger partial charge in [0.2, 0.25) is 10.0 Å². The van der Waals surface area contributed by atoms with Crippen LogP contribution in [0, 0.1) is 5.92 Å². The highest BCUT2D eigenvalue weighted by atomic mass is 127. The summed E-state index contributed by atoms with van der Waals surface area (Å²) < 4.78 is 24.8. The van der Waals surface area contributed by atoms with Crippen LogP contribution in [0.5, 0.6) is 0 Å². The SMILES string of the molecule is CCN(CCCNC(=NC)NCC1CCN(S(C)(=O)=O)CC1)c1ccccc1.I. The largest absolute Gasteiger partial charge is 0.372 e. The first-order valence-electron chi connectivity index (χ1n) is 10.1. The number of benzene rings is 1. The van der Waals surface area contributed by atoms with Crippen LogP contribution in [-0.4, -0.2) is 71.3 Å². The van der Waals surface area contributed by atoms with Crippen molar-refractivity contribution >= 4 is 45.6 Å². The third kappa shape index (κ3) is 9.08. The van der Waals surface area contributed by atoms with E-state index in [2.05, 4.69) is 51.7 Å². The molecule has 1 heterocycles. The molecule has 0 aliphatic carbocycles. The fourth-order valence-corrected chi connectivity index (χ4v) is 4.37. The predicted octanol–water partition coefficient (Wildman–Crippen LogP) is 2.36. The van der Waals surface area contributed by atoms with Crippen molar-refractivity contribution in [1.29, 1.82) is 0 Å². The Bertz CT molecular complexity index is 707. The van der Waals surface area contributed by atoms with Crippen LogP contribution in [0.2, 0.25) is 0 Å². The van der Waals surface area contributed by atoms with Crippen LogP contribution in [0.3, 0.4) is 0 Å². The molecule has 7 nitrogen and oxygen atoms in total. The summed E-state index contributed by atoms with van der Waals surface area (Å²) in [7, 11) is -1.28. The van der Waals surface area contributed by atoms with Crippen molar-refractivity contribution in [3.63, 3.8) is 0 Å². The molecule has 1 saturated heterocycles. The van der Waals surface area contributed by atoms with Crippen molar-refractivity contribution in [3.05, 3.63) is 30.3 Å². The lowest BCUT2D eigenvalue weighted by Crippen LogP contribution is -2.44. The number of hydrogen-bond donors (Lipinski definition) is 2. The molecule has 1 aromatic rings. The monoisotopic (exact) mass is 537 g/mol. The van der Waals surface area contributed by atoms with Gasteiger partial charge in [-0.1, -0.05) is 18.2 Å². The number of nitrogens with zero attached hydrogens (tertiary/aromatic N) is 3. The fourth-order valence-electron chi connectivity index (χ4n) is 3.49. The molecular formula is C20H36IN5O2S. The lowest BCUT2D eigenvalue weighted by atomic mass is 9.98. The number of sulfonamides is 1. The Morgan fingerprint density at radius 2 is 1.86 bits per heavy atom. The van der Waals surface area contributed by atoms with Crippen LogP contribution in [0.1, 0.15) is 26.2 Å². The van der Waals surface area contributed by atoms with Crippen LogP contribution >= 0.6 is 24.0 Å². The van der Waals surface area contributed by atoms with Crippen molar-refractivity contribution < 1.29 is 8.42 Å². The van der Waals surface area contributed by atoms with E-state index in [1.54, 1.807) is 11.4 Å². The molecule has 0 radical (unpaired) electrons. The summed E-state index contributed by atoms with van der Waals surface area (Å²) in [4.78, 5) is 6.66. The van der Waals surface area contributed by atoms with E-state index in [0.717, 1.165) is 51.4 Å². The van der Waals surface area contributed by atoms with Gasteiger partial charge in [-0.15, -0.1) is 24.0 Å². The molecule has 2 N–H and O–H groups in total. The summed E-state index contributed by atoms with van der Waals surface area (Å²) in [5, 5.41) is 6.76. The van der Waals surface area contributed by atoms with E-state index < -0.39 is 10.0 Å². The average molecular weight is 538 g/mol. The van der Waals surface area contributed by atoms with Gasteiger partial charge in [-0.2, -0.15) is 0 Å². The Labute approximate surface area is 193 Å². The summed E-state index contributed by atoms with van der Waals surface area (Å²) >= 11 is 0. The zero-order valence-electron chi connectivity index (χ0n) is 17.8. The van der Waals surface area contributed by atoms with Gasteiger partial charge in [0.25, 0.3) is 0 Å². The van der Waals surface area contributed by atoms with E-state index in [0.29, 0.717) is 19.0 Å². The van der Waals surface area contributed by atoms with Gasteiger partial charge in [0.1, 0.15) is 0 Å². The van der Waals surface area contributed by atoms with E-state index in [1.807, 2.05) is 6.07 Å². The molecule has 0 spiro atoms. The first kappa shape index (κ1) is 26.0. The minimum atomic E-state index is -3.06. The van der Waals surface area contributed by atoms with Crippen LogP contribution in [-0.2, 0) is 10.0 Å². The summed E-state index contributed by atoms with van der Waals surface area (Å²) in [5.74, 6) is 1.29. The van der Waals surface area contributed by atoms with Gasteiger partial charge in [0.05, 0.1) is 6.26 Å². The van der Waals surface area contributed by atoms with E-state index in [-0.39, 0.29) is 24.0 Å². The van der Waals surface area contributed by atoms with Crippen molar-refractivity contribution in [1.82, 2.24) is 14.9 Å². The topological polar surface area (TPSA) is 77.0 Å². The highest BCUT2D eigenvalue weighted by molar-refractivity contribution is 14.0. The van der Waals surface area contributed by atoms with Crippen LogP contribution in [0.4, 0.5) is 5.69 Å². The zero-order chi connectivity index (χ0) is 20.4. The maximum absolute atomic E-state index is 11.6. The first-order valence-corrected chi connectivity index (χ1v) is 12.0. The van der Waals surface area contributed by atoms with Gasteiger partial charge in [0.15, 0.2) is 5.96 Å². The second kappa shape index (κ2) is 13.3. The summed E-state index contributed by atoms with van der Waals surface area (Å²) in [6, 6.07) is 10.5. The van der Waals surface area contributed by atoms with Crippen molar-refractivity contribution in [3.8, 4) is 0 Å². The molecular weight excluding hydrogens is 501 g/mol. The molecule has 29 heavy (non-hydrogen) atoms. The van der Waals surface area contributed by atoms with Gasteiger partial charge in [0, 0.05) is 52.0 Å². The molecule has 2 rings (SSSR count). The van der Waals surface area contributed by atoms with Crippen molar-refractivity contribution in [2.75, 3.05) is 57.5 Å². The van der Waals surface area contributed by atoms with Gasteiger partial charge < -0.3 is 15.5 Å². The molecule has 1 aromatic carbocycles. The Morgan fingerprint density at radius 3 is 2.41 bits per heavy atom. The second-order valence-electron chi connectivity index (χ2n) is 7.25. The normalized spacial score (nSPS) is 16.2. The molecule has 0 amide bonds. The number of hydrogen-bond acceptors (Lipinski definition) is 4. The number of nitrogens with one attached hydrogen (secondary N) is 2. The van der Waals surface area contributed by atoms with E-state index >= 15 is 0 Å². The van der Waals surface area contributed by atoms with Crippen molar-refractivity contribution in [2.45, 2.75) is 26.2 Å². The summed E-state index contributed by atoms with van der Waals surface area (Å²) in [6.45, 7) is 7.07. The van der Waals surface area contributed by atoms with Gasteiger partial charge >= 0.3 is 0 Å². The molecule has 0 aromatic heterocycles. The number of aliphatic imine (C=N–C) groups is 1. The molecule has 0 saturated carbocycles. The maximum atomic E-state index is 11.6. The third-order valence-electron chi connectivity index (χ3n) is 5.22. The molecule has 1 aliphatic heterocycles. The summed E-state index contributed by atoms with van der Waals surface area (Å²) in [5.41, 5.74) is 1.26. The lowest BCUT2D eigenvalue weighted by molar-refractivity contribution is 0.275. The number of halogens is 1. The number of piperidine rings is 1. The van der Waals surface area contributed by atoms with Gasteiger partial charge in [-0.25, -0.2) is 12.7 Å². The van der Waals surface area contributed by atoms with Gasteiger partial charge in [-0.05, 0) is 44.2 Å². The first-order chi connectivity index (χ1) is 13.4. The highest BCUT2D eigenvalue weighted by Gasteiger charge is 2.24. The van der Waals surface area contributed by atoms with Crippen LogP contribution < -0.4 is 15.5 Å². The number of rotatable bonds is 9. The Morgan fingerprint density at radius 1 is 1.21 bits per heavy atom. The Balaban J connectivity index is 0.00000420. The summed E-state index contributed by atoms with van der Waals surface area (Å²) in [6.07, 6.45) is 4.09. The molecule has 1 fully saturated rings. The van der Waals surface area contributed by atoms with E-state index in [4.69, 9.17) is 0 Å². The average Bonchev–Trinajstić information content (AvgIpc) is 2.70. The minimum Gasteiger partial charge on any atom is -0.372 e. The Hall–Kier alpha value is -1.07. The fraction of sp³-hybridized carbons (Fsp3) is 0.650. The zero-order valence-corrected chi connectivity index (χ0v) is 20.9.